The summed E-state index contributed by atoms with van der Waals surface area (Å²) in [4.78, 5) is 88.3. The van der Waals surface area contributed by atoms with E-state index in [2.05, 4.69) is 21.3 Å². The van der Waals surface area contributed by atoms with Crippen molar-refractivity contribution in [1.29, 1.82) is 0 Å². The molecule has 4 saturated heterocycles. The van der Waals surface area contributed by atoms with Gasteiger partial charge in [-0.3, -0.25) is 19.2 Å². The third-order valence-corrected chi connectivity index (χ3v) is 14.5. The number of hydrogen-bond donors (Lipinski definition) is 24. The maximum atomic E-state index is 13.5. The SMILES string of the molecule is CC(=O)N[C@H]1[C@H]([C@H](O)[C@H](O)CO)O[C@@](O[C@H](CO)[C@@H](O)[C@@H]2O[C@@](O[C@H]3[C@@H](O)[C@@H](CO)O[C@@H](O[C@@H]([C@@H](O)[C@H](O)CO[C@]4(C(=O)O)C[C@H](O)[C@@H](NC(C)=O)[C@H]([C@H](O)[C@H](O)CO)O4)[C@H](CO)NC(C)=O)[C@@H]3O)(C(=O)O)C[C@H](O)[C@H]2NC(C)=O)(C(=O)O)C[C@@H]1O. The number of carbonyl (C=O) groups excluding carboxylic acids is 4. The summed E-state index contributed by atoms with van der Waals surface area (Å²) in [5.74, 6) is -20.3. The van der Waals surface area contributed by atoms with E-state index in [4.69, 9.17) is 37.9 Å². The van der Waals surface area contributed by atoms with Crippen LogP contribution in [0.1, 0.15) is 47.0 Å². The molecule has 0 aromatic carbocycles. The lowest BCUT2D eigenvalue weighted by molar-refractivity contribution is -0.379. The molecule has 0 unspecified atom stereocenters. The number of rotatable bonds is 30. The smallest absolute Gasteiger partial charge is 0.364 e. The monoisotopic (exact) mass is 1260 g/mol. The van der Waals surface area contributed by atoms with E-state index in [-0.39, 0.29) is 0 Å². The van der Waals surface area contributed by atoms with Crippen LogP contribution >= 0.6 is 0 Å². The van der Waals surface area contributed by atoms with E-state index < -0.39 is 264 Å². The Balaban J connectivity index is 1.73. The first-order valence-electron chi connectivity index (χ1n) is 26.4. The minimum Gasteiger partial charge on any atom is -0.477 e. The summed E-state index contributed by atoms with van der Waals surface area (Å²) in [6.45, 7) is -4.19. The molecular formula is C47H78N4O35. The van der Waals surface area contributed by atoms with Crippen molar-refractivity contribution in [1.82, 2.24) is 21.3 Å². The molecule has 0 aromatic heterocycles. The highest BCUT2D eigenvalue weighted by molar-refractivity contribution is 5.78. The standard InChI is InChI=1S/C47H78N4O35/c1-14(57)48-18(8-52)36(32(69)24(66)13-79-45(42(73)74)5-19(61)27(49-15(2)58)37(83-45)30(67)22(64)9-53)81-41-35(72)40(33(70)25(11-55)80-41)86-47(44(77)78)7-21(63)29(51-17(4)60)39(85-47)34(71)26(12-56)82-46(43(75)76)6-20(62)28(50-16(3)59)38(84-46)31(68)23(65)10-54/h18-41,52-56,61-72H,5-13H2,1-4H3,(H,48,57)(H,49,58)(H,50,59)(H,51,60)(H,73,74)(H,75,76)(H,77,78)/t18-,19-,20-,21-,22+,23+,24+,25+,26+,27+,28+,29+,30+,31+,32-,33-,34+,35+,36+,37+,38+,39+,40-,41-,45+,46+,47-/m0/s1. The molecule has 39 nitrogen and oxygen atoms in total. The predicted molar refractivity (Wildman–Crippen MR) is 267 cm³/mol. The van der Waals surface area contributed by atoms with Crippen LogP contribution in [0.25, 0.3) is 0 Å². The topological polar surface area (TPSA) is 646 Å². The fraction of sp³-hybridized carbons (Fsp3) is 0.851. The van der Waals surface area contributed by atoms with Crippen LogP contribution in [-0.4, -0.2) is 347 Å². The minimum absolute atomic E-state index is 0.849. The van der Waals surface area contributed by atoms with Crippen molar-refractivity contribution in [2.45, 2.75) is 211 Å². The second-order valence-corrected chi connectivity index (χ2v) is 21.0. The Hall–Kier alpha value is -4.71. The van der Waals surface area contributed by atoms with Crippen LogP contribution in [0.15, 0.2) is 0 Å². The van der Waals surface area contributed by atoms with Crippen LogP contribution < -0.4 is 21.3 Å². The number of carboxylic acids is 3. The summed E-state index contributed by atoms with van der Waals surface area (Å²) in [6.07, 6.45) is -50.5. The number of aliphatic hydroxyl groups excluding tert-OH is 17. The number of carbonyl (C=O) groups is 7. The highest BCUT2D eigenvalue weighted by atomic mass is 16.8. The van der Waals surface area contributed by atoms with Gasteiger partial charge in [0.1, 0.15) is 97.7 Å². The van der Waals surface area contributed by atoms with E-state index in [0.717, 1.165) is 27.7 Å². The Kier molecular flexibility index (Phi) is 26.7. The van der Waals surface area contributed by atoms with Crippen molar-refractivity contribution >= 4 is 41.5 Å². The maximum Gasteiger partial charge on any atom is 0.364 e. The second-order valence-electron chi connectivity index (χ2n) is 21.0. The van der Waals surface area contributed by atoms with Gasteiger partial charge < -0.3 is 161 Å². The quantitative estimate of drug-likeness (QED) is 0.0318. The van der Waals surface area contributed by atoms with Gasteiger partial charge in [0, 0.05) is 47.0 Å². The molecule has 4 aliphatic rings. The largest absolute Gasteiger partial charge is 0.477 e. The summed E-state index contributed by atoms with van der Waals surface area (Å²) >= 11 is 0. The lowest BCUT2D eigenvalue weighted by atomic mass is 9.87. The van der Waals surface area contributed by atoms with E-state index in [1.165, 1.54) is 0 Å². The molecule has 4 aliphatic heterocycles. The molecule has 4 heterocycles. The molecular weight excluding hydrogens is 1180 g/mol. The zero-order valence-electron chi connectivity index (χ0n) is 46.3. The average molecular weight is 1260 g/mol. The Morgan fingerprint density at radius 2 is 0.953 bits per heavy atom. The van der Waals surface area contributed by atoms with E-state index in [0.29, 0.717) is 0 Å². The Bertz CT molecular complexity index is 2300. The van der Waals surface area contributed by atoms with E-state index in [1.807, 2.05) is 0 Å². The maximum absolute atomic E-state index is 13.5. The van der Waals surface area contributed by atoms with Gasteiger partial charge in [0.2, 0.25) is 23.6 Å². The molecule has 0 bridgehead atoms. The summed E-state index contributed by atoms with van der Waals surface area (Å²) in [6, 6.07) is -7.37. The van der Waals surface area contributed by atoms with Crippen LogP contribution in [0.4, 0.5) is 0 Å². The molecule has 24 N–H and O–H groups in total. The van der Waals surface area contributed by atoms with Gasteiger partial charge in [-0.1, -0.05) is 0 Å². The second kappa shape index (κ2) is 31.2. The van der Waals surface area contributed by atoms with Gasteiger partial charge in [0.15, 0.2) is 6.29 Å². The van der Waals surface area contributed by atoms with Gasteiger partial charge in [-0.05, 0) is 0 Å². The van der Waals surface area contributed by atoms with Crippen molar-refractivity contribution in [2.75, 3.05) is 39.6 Å². The van der Waals surface area contributed by atoms with Crippen molar-refractivity contribution in [3.05, 3.63) is 0 Å². The number of aliphatic hydroxyl groups is 17. The molecule has 86 heavy (non-hydrogen) atoms. The summed E-state index contributed by atoms with van der Waals surface area (Å²) in [7, 11) is 0. The van der Waals surface area contributed by atoms with Crippen molar-refractivity contribution < 1.29 is 174 Å². The van der Waals surface area contributed by atoms with Crippen LogP contribution in [0.2, 0.25) is 0 Å². The van der Waals surface area contributed by atoms with Gasteiger partial charge in [0.05, 0.1) is 82.1 Å². The van der Waals surface area contributed by atoms with Crippen molar-refractivity contribution in [3.63, 3.8) is 0 Å². The molecule has 0 aromatic rings. The van der Waals surface area contributed by atoms with Gasteiger partial charge in [0.25, 0.3) is 17.4 Å². The molecule has 0 radical (unpaired) electrons. The van der Waals surface area contributed by atoms with Crippen molar-refractivity contribution in [3.8, 4) is 0 Å². The molecule has 0 spiro atoms. The first-order chi connectivity index (χ1) is 40.0. The Labute approximate surface area is 486 Å². The summed E-state index contributed by atoms with van der Waals surface area (Å²) in [5, 5.41) is 225. The lowest BCUT2D eigenvalue weighted by Gasteiger charge is -2.51. The number of carboxylic acid groups (broad SMARTS) is 3. The number of hydrogen-bond acceptors (Lipinski definition) is 32. The fourth-order valence-corrected chi connectivity index (χ4v) is 10.2. The normalized spacial score (nSPS) is 36.7. The van der Waals surface area contributed by atoms with E-state index >= 15 is 0 Å². The minimum atomic E-state index is -3.53. The number of aliphatic carboxylic acids is 3. The molecule has 4 rings (SSSR count). The number of nitrogens with one attached hydrogen (secondary N) is 4. The molecule has 0 aliphatic carbocycles. The third kappa shape index (κ3) is 17.0. The zero-order valence-corrected chi connectivity index (χ0v) is 46.3. The Morgan fingerprint density at radius 3 is 1.35 bits per heavy atom. The molecule has 0 saturated carbocycles. The molecule has 27 atom stereocenters. The third-order valence-electron chi connectivity index (χ3n) is 14.5. The van der Waals surface area contributed by atoms with Gasteiger partial charge in [-0.2, -0.15) is 0 Å². The zero-order chi connectivity index (χ0) is 65.2. The summed E-state index contributed by atoms with van der Waals surface area (Å²) < 4.78 is 44.8. The molecule has 4 fully saturated rings. The van der Waals surface area contributed by atoms with E-state index in [9.17, 15) is 136 Å². The highest BCUT2D eigenvalue weighted by Crippen LogP contribution is 2.41. The van der Waals surface area contributed by atoms with Crippen LogP contribution in [0.3, 0.4) is 0 Å². The van der Waals surface area contributed by atoms with Gasteiger partial charge in [-0.25, -0.2) is 14.4 Å². The highest BCUT2D eigenvalue weighted by Gasteiger charge is 2.63. The first-order valence-corrected chi connectivity index (χ1v) is 26.4. The Morgan fingerprint density at radius 1 is 0.535 bits per heavy atom. The van der Waals surface area contributed by atoms with E-state index in [1.54, 1.807) is 0 Å². The number of amides is 4. The summed E-state index contributed by atoms with van der Waals surface area (Å²) in [5.41, 5.74) is 0. The van der Waals surface area contributed by atoms with Crippen LogP contribution in [-0.2, 0) is 71.5 Å². The van der Waals surface area contributed by atoms with Crippen LogP contribution in [0.5, 0.6) is 0 Å². The fourth-order valence-electron chi connectivity index (χ4n) is 10.2. The molecule has 4 amide bonds. The van der Waals surface area contributed by atoms with Crippen LogP contribution in [0, 0.1) is 0 Å². The molecule has 496 valence electrons. The predicted octanol–water partition coefficient (Wildman–Crippen LogP) is -14.1. The van der Waals surface area contributed by atoms with Crippen molar-refractivity contribution in [2.24, 2.45) is 0 Å². The first kappa shape index (κ1) is 73.8. The number of ether oxygens (including phenoxy) is 8. The molecule has 39 heteroatoms. The van der Waals surface area contributed by atoms with Gasteiger partial charge in [-0.15, -0.1) is 0 Å². The van der Waals surface area contributed by atoms with Gasteiger partial charge >= 0.3 is 17.9 Å². The average Bonchev–Trinajstić information content (AvgIpc) is 0.906. The lowest BCUT2D eigenvalue weighted by Crippen LogP contribution is -2.71.